The van der Waals surface area contributed by atoms with Crippen LogP contribution in [0.1, 0.15) is 39.5 Å². The molecule has 1 atom stereocenters. The predicted molar refractivity (Wildman–Crippen MR) is 112 cm³/mol. The standard InChI is InChI=1S/C22H33N3O4/c1-3-18-16-25(19-8-5-6-9-20(19)29-18)22(27)24-13-10-17(11-14-24)21(26)23-12-7-15-28-4-2/h5-6,8-9,17-18H,3-4,7,10-16H2,1-2H3,(H,23,26)/t18-/m1/s1. The molecule has 0 radical (unpaired) electrons. The van der Waals surface area contributed by atoms with Crippen LogP contribution in [-0.4, -0.2) is 62.3 Å². The maximum atomic E-state index is 13.2. The van der Waals surface area contributed by atoms with E-state index in [1.54, 1.807) is 0 Å². The van der Waals surface area contributed by atoms with Crippen LogP contribution < -0.4 is 15.0 Å². The van der Waals surface area contributed by atoms with Crippen molar-refractivity contribution in [3.63, 3.8) is 0 Å². The van der Waals surface area contributed by atoms with Gasteiger partial charge in [0.1, 0.15) is 11.9 Å². The van der Waals surface area contributed by atoms with E-state index in [1.807, 2.05) is 41.0 Å². The predicted octanol–water partition coefficient (Wildman–Crippen LogP) is 3.04. The van der Waals surface area contributed by atoms with Crippen LogP contribution in [0.5, 0.6) is 5.75 Å². The Kier molecular flexibility index (Phi) is 7.75. The molecule has 0 aliphatic carbocycles. The van der Waals surface area contributed by atoms with Gasteiger partial charge in [0, 0.05) is 38.8 Å². The zero-order chi connectivity index (χ0) is 20.6. The first kappa shape index (κ1) is 21.4. The fourth-order valence-corrected chi connectivity index (χ4v) is 3.87. The topological polar surface area (TPSA) is 71.1 Å². The Labute approximate surface area is 173 Å². The number of nitrogens with zero attached hydrogens (tertiary/aromatic N) is 2. The van der Waals surface area contributed by atoms with Gasteiger partial charge in [-0.25, -0.2) is 4.79 Å². The summed E-state index contributed by atoms with van der Waals surface area (Å²) in [5.74, 6) is 0.836. The number of piperidine rings is 1. The van der Waals surface area contributed by atoms with E-state index in [0.29, 0.717) is 52.2 Å². The molecular weight excluding hydrogens is 370 g/mol. The minimum Gasteiger partial charge on any atom is -0.486 e. The number of carbonyl (C=O) groups excluding carboxylic acids is 2. The third kappa shape index (κ3) is 5.41. The Morgan fingerprint density at radius 1 is 1.21 bits per heavy atom. The fraction of sp³-hybridized carbons (Fsp3) is 0.636. The molecule has 2 aliphatic heterocycles. The lowest BCUT2D eigenvalue weighted by Crippen LogP contribution is -2.52. The summed E-state index contributed by atoms with van der Waals surface area (Å²) >= 11 is 0. The number of likely N-dealkylation sites (tertiary alicyclic amines) is 1. The largest absolute Gasteiger partial charge is 0.486 e. The number of rotatable bonds is 7. The summed E-state index contributed by atoms with van der Waals surface area (Å²) in [6, 6.07) is 7.71. The van der Waals surface area contributed by atoms with Gasteiger partial charge in [-0.2, -0.15) is 0 Å². The van der Waals surface area contributed by atoms with Crippen LogP contribution in [0.25, 0.3) is 0 Å². The number of hydrogen-bond donors (Lipinski definition) is 1. The Morgan fingerprint density at radius 2 is 1.97 bits per heavy atom. The SMILES string of the molecule is CCOCCCNC(=O)C1CCN(C(=O)N2C[C@@H](CC)Oc3ccccc32)CC1. The highest BCUT2D eigenvalue weighted by molar-refractivity contribution is 5.94. The highest BCUT2D eigenvalue weighted by Gasteiger charge is 2.34. The molecule has 0 unspecified atom stereocenters. The van der Waals surface area contributed by atoms with Crippen LogP contribution in [0.4, 0.5) is 10.5 Å². The number of urea groups is 1. The fourth-order valence-electron chi connectivity index (χ4n) is 3.87. The first-order chi connectivity index (χ1) is 14.1. The minimum atomic E-state index is -0.0218. The van der Waals surface area contributed by atoms with E-state index in [-0.39, 0.29) is 24.0 Å². The average Bonchev–Trinajstić information content (AvgIpc) is 2.77. The minimum absolute atomic E-state index is 0.00820. The smallest absolute Gasteiger partial charge is 0.324 e. The van der Waals surface area contributed by atoms with Crippen LogP contribution in [0.15, 0.2) is 24.3 Å². The molecule has 1 aromatic carbocycles. The Bertz CT molecular complexity index is 688. The molecule has 0 aromatic heterocycles. The van der Waals surface area contributed by atoms with E-state index in [1.165, 1.54) is 0 Å². The maximum absolute atomic E-state index is 13.2. The van der Waals surface area contributed by atoms with Crippen molar-refractivity contribution in [3.05, 3.63) is 24.3 Å². The molecule has 0 saturated carbocycles. The first-order valence-corrected chi connectivity index (χ1v) is 10.8. The number of nitrogens with one attached hydrogen (secondary N) is 1. The quantitative estimate of drug-likeness (QED) is 0.711. The van der Waals surface area contributed by atoms with Gasteiger partial charge in [0.15, 0.2) is 0 Å². The highest BCUT2D eigenvalue weighted by Crippen LogP contribution is 2.34. The Morgan fingerprint density at radius 3 is 2.69 bits per heavy atom. The van der Waals surface area contributed by atoms with Gasteiger partial charge in [0.2, 0.25) is 5.91 Å². The second-order valence-corrected chi connectivity index (χ2v) is 7.61. The van der Waals surface area contributed by atoms with Gasteiger partial charge in [-0.1, -0.05) is 19.1 Å². The van der Waals surface area contributed by atoms with Gasteiger partial charge in [-0.05, 0) is 44.7 Å². The van der Waals surface area contributed by atoms with Gasteiger partial charge in [0.05, 0.1) is 12.2 Å². The van der Waals surface area contributed by atoms with Gasteiger partial charge in [-0.3, -0.25) is 9.69 Å². The van der Waals surface area contributed by atoms with Crippen molar-refractivity contribution in [2.45, 2.75) is 45.6 Å². The zero-order valence-corrected chi connectivity index (χ0v) is 17.6. The van der Waals surface area contributed by atoms with Crippen molar-refractivity contribution >= 4 is 17.6 Å². The van der Waals surface area contributed by atoms with Crippen molar-refractivity contribution < 1.29 is 19.1 Å². The van der Waals surface area contributed by atoms with Crippen molar-refractivity contribution in [1.82, 2.24) is 10.2 Å². The summed E-state index contributed by atoms with van der Waals surface area (Å²) in [6.45, 7) is 7.81. The molecule has 2 aliphatic rings. The summed E-state index contributed by atoms with van der Waals surface area (Å²) in [5, 5.41) is 3.00. The number of amides is 3. The first-order valence-electron chi connectivity index (χ1n) is 10.8. The van der Waals surface area contributed by atoms with Crippen molar-refractivity contribution in [3.8, 4) is 5.75 Å². The second-order valence-electron chi connectivity index (χ2n) is 7.61. The number of carbonyl (C=O) groups is 2. The monoisotopic (exact) mass is 403 g/mol. The Balaban J connectivity index is 1.52. The molecule has 1 saturated heterocycles. The molecule has 0 spiro atoms. The van der Waals surface area contributed by atoms with Crippen LogP contribution in [0.3, 0.4) is 0 Å². The lowest BCUT2D eigenvalue weighted by atomic mass is 9.96. The molecule has 3 amide bonds. The molecule has 2 heterocycles. The third-order valence-electron chi connectivity index (χ3n) is 5.63. The van der Waals surface area contributed by atoms with Crippen LogP contribution in [-0.2, 0) is 9.53 Å². The van der Waals surface area contributed by atoms with E-state index < -0.39 is 0 Å². The second kappa shape index (κ2) is 10.5. The number of benzene rings is 1. The number of ether oxygens (including phenoxy) is 2. The number of fused-ring (bicyclic) bond motifs is 1. The summed E-state index contributed by atoms with van der Waals surface area (Å²) in [5.41, 5.74) is 0.830. The molecule has 1 N–H and O–H groups in total. The van der Waals surface area contributed by atoms with E-state index >= 15 is 0 Å². The molecule has 160 valence electrons. The molecule has 7 nitrogen and oxygen atoms in total. The average molecular weight is 404 g/mol. The number of para-hydroxylation sites is 2. The van der Waals surface area contributed by atoms with Gasteiger partial charge < -0.3 is 19.7 Å². The molecular formula is C22H33N3O4. The number of hydrogen-bond acceptors (Lipinski definition) is 4. The van der Waals surface area contributed by atoms with Crippen LogP contribution >= 0.6 is 0 Å². The van der Waals surface area contributed by atoms with Gasteiger partial charge >= 0.3 is 6.03 Å². The summed E-state index contributed by atoms with van der Waals surface area (Å²) in [7, 11) is 0. The Hall–Kier alpha value is -2.28. The molecule has 7 heteroatoms. The van der Waals surface area contributed by atoms with E-state index in [4.69, 9.17) is 9.47 Å². The highest BCUT2D eigenvalue weighted by atomic mass is 16.5. The van der Waals surface area contributed by atoms with Gasteiger partial charge in [0.25, 0.3) is 0 Å². The van der Waals surface area contributed by atoms with Crippen molar-refractivity contribution in [1.29, 1.82) is 0 Å². The van der Waals surface area contributed by atoms with Crippen LogP contribution in [0.2, 0.25) is 0 Å². The summed E-state index contributed by atoms with van der Waals surface area (Å²) in [4.78, 5) is 29.3. The molecule has 29 heavy (non-hydrogen) atoms. The lowest BCUT2D eigenvalue weighted by molar-refractivity contribution is -0.126. The normalized spacial score (nSPS) is 19.4. The lowest BCUT2D eigenvalue weighted by Gasteiger charge is -2.39. The third-order valence-corrected chi connectivity index (χ3v) is 5.63. The van der Waals surface area contributed by atoms with E-state index in [9.17, 15) is 9.59 Å². The zero-order valence-electron chi connectivity index (χ0n) is 17.6. The van der Waals surface area contributed by atoms with Crippen LogP contribution in [0, 0.1) is 5.92 Å². The van der Waals surface area contributed by atoms with E-state index in [0.717, 1.165) is 24.3 Å². The maximum Gasteiger partial charge on any atom is 0.324 e. The molecule has 1 fully saturated rings. The molecule has 3 rings (SSSR count). The summed E-state index contributed by atoms with van der Waals surface area (Å²) < 4.78 is 11.3. The van der Waals surface area contributed by atoms with Gasteiger partial charge in [-0.15, -0.1) is 0 Å². The molecule has 0 bridgehead atoms. The van der Waals surface area contributed by atoms with E-state index in [2.05, 4.69) is 12.2 Å². The number of anilines is 1. The molecule has 1 aromatic rings. The van der Waals surface area contributed by atoms with Crippen molar-refractivity contribution in [2.75, 3.05) is 44.3 Å². The summed E-state index contributed by atoms with van der Waals surface area (Å²) in [6.07, 6.45) is 3.09. The van der Waals surface area contributed by atoms with Crippen molar-refractivity contribution in [2.24, 2.45) is 5.92 Å².